The molecule has 11 heteroatoms. The van der Waals surface area contributed by atoms with E-state index < -0.39 is 0 Å². The number of amides is 1. The minimum atomic E-state index is -0.222. The number of aromatic nitrogens is 7. The first kappa shape index (κ1) is 22.4. The third-order valence-corrected chi connectivity index (χ3v) is 6.93. The number of nitrogens with one attached hydrogen (secondary N) is 3. The Morgan fingerprint density at radius 1 is 1.28 bits per heavy atom. The van der Waals surface area contributed by atoms with Gasteiger partial charge < -0.3 is 16.0 Å². The molecule has 0 saturated carbocycles. The first-order valence-corrected chi connectivity index (χ1v) is 12.3. The van der Waals surface area contributed by atoms with Crippen LogP contribution in [-0.4, -0.2) is 53.7 Å². The van der Waals surface area contributed by atoms with Gasteiger partial charge in [0.05, 0.1) is 24.1 Å². The van der Waals surface area contributed by atoms with Gasteiger partial charge in [0.25, 0.3) is 0 Å². The molecular formula is C25H28N10O. The quantitative estimate of drug-likeness (QED) is 0.342. The van der Waals surface area contributed by atoms with Gasteiger partial charge in [-0.15, -0.1) is 5.10 Å². The number of carbonyl (C=O) groups excluding carboxylic acids is 1. The second-order valence-corrected chi connectivity index (χ2v) is 9.35. The van der Waals surface area contributed by atoms with E-state index in [9.17, 15) is 4.79 Å². The number of carbonyl (C=O) groups is 1. The monoisotopic (exact) mass is 484 g/mol. The molecule has 1 aliphatic heterocycles. The number of nitrogens with zero attached hydrogens (tertiary/aromatic N) is 7. The van der Waals surface area contributed by atoms with Crippen LogP contribution in [0.15, 0.2) is 49.4 Å². The SMILES string of the molecule is C=CC(=O)Nc1cccc2c1CC[C@@H]2n1nnc2cnc(Nc3cnn(CC4CCCNC4)c3)nc21. The zero-order valence-electron chi connectivity index (χ0n) is 19.9. The van der Waals surface area contributed by atoms with Crippen LogP contribution in [0.4, 0.5) is 17.3 Å². The van der Waals surface area contributed by atoms with E-state index in [4.69, 9.17) is 4.98 Å². The van der Waals surface area contributed by atoms with Crippen LogP contribution in [0, 0.1) is 5.92 Å². The van der Waals surface area contributed by atoms with E-state index in [2.05, 4.69) is 49.0 Å². The molecule has 0 spiro atoms. The van der Waals surface area contributed by atoms with Crippen molar-refractivity contribution in [2.24, 2.45) is 5.92 Å². The smallest absolute Gasteiger partial charge is 0.247 e. The minimum Gasteiger partial charge on any atom is -0.322 e. The largest absolute Gasteiger partial charge is 0.322 e. The molecular weight excluding hydrogens is 456 g/mol. The Morgan fingerprint density at radius 3 is 3.08 bits per heavy atom. The molecule has 3 N–H and O–H groups in total. The van der Waals surface area contributed by atoms with Crippen molar-refractivity contribution in [2.75, 3.05) is 23.7 Å². The highest BCUT2D eigenvalue weighted by Crippen LogP contribution is 2.38. The molecule has 1 saturated heterocycles. The number of anilines is 3. The number of rotatable bonds is 7. The summed E-state index contributed by atoms with van der Waals surface area (Å²) in [7, 11) is 0. The van der Waals surface area contributed by atoms with Crippen molar-refractivity contribution in [1.29, 1.82) is 0 Å². The third-order valence-electron chi connectivity index (χ3n) is 6.93. The highest BCUT2D eigenvalue weighted by atomic mass is 16.1. The summed E-state index contributed by atoms with van der Waals surface area (Å²) in [6.45, 7) is 6.57. The third kappa shape index (κ3) is 4.33. The lowest BCUT2D eigenvalue weighted by Gasteiger charge is -2.22. The molecule has 36 heavy (non-hydrogen) atoms. The molecule has 0 radical (unpaired) electrons. The molecule has 4 heterocycles. The molecule has 1 aliphatic carbocycles. The fourth-order valence-corrected chi connectivity index (χ4v) is 5.20. The van der Waals surface area contributed by atoms with Gasteiger partial charge in [0.15, 0.2) is 11.2 Å². The van der Waals surface area contributed by atoms with E-state index in [1.807, 2.05) is 27.7 Å². The minimum absolute atomic E-state index is 0.0276. The van der Waals surface area contributed by atoms with Crippen LogP contribution >= 0.6 is 0 Å². The van der Waals surface area contributed by atoms with Crippen molar-refractivity contribution in [3.63, 3.8) is 0 Å². The maximum absolute atomic E-state index is 11.9. The molecule has 2 aliphatic rings. The van der Waals surface area contributed by atoms with Gasteiger partial charge in [0, 0.05) is 18.4 Å². The second-order valence-electron chi connectivity index (χ2n) is 9.35. The van der Waals surface area contributed by atoms with E-state index in [0.717, 1.165) is 55.0 Å². The van der Waals surface area contributed by atoms with Crippen LogP contribution in [0.2, 0.25) is 0 Å². The fourth-order valence-electron chi connectivity index (χ4n) is 5.20. The maximum atomic E-state index is 11.9. The van der Waals surface area contributed by atoms with E-state index in [1.54, 1.807) is 12.4 Å². The van der Waals surface area contributed by atoms with Crippen molar-refractivity contribution >= 4 is 34.4 Å². The molecule has 11 nitrogen and oxygen atoms in total. The average molecular weight is 485 g/mol. The van der Waals surface area contributed by atoms with Crippen LogP contribution < -0.4 is 16.0 Å². The molecule has 1 amide bonds. The summed E-state index contributed by atoms with van der Waals surface area (Å²) >= 11 is 0. The average Bonchev–Trinajstić information content (AvgIpc) is 3.63. The van der Waals surface area contributed by atoms with Gasteiger partial charge in [-0.25, -0.2) is 9.67 Å². The van der Waals surface area contributed by atoms with Gasteiger partial charge in [0.2, 0.25) is 11.9 Å². The summed E-state index contributed by atoms with van der Waals surface area (Å²) in [6.07, 6.45) is 10.8. The summed E-state index contributed by atoms with van der Waals surface area (Å²) in [5, 5.41) is 22.8. The predicted octanol–water partition coefficient (Wildman–Crippen LogP) is 2.82. The number of hydrogen-bond acceptors (Lipinski definition) is 8. The standard InChI is InChI=1S/C25H28N10O/c1-2-23(36)30-20-7-3-6-19-18(20)8-9-22(19)35-24-21(32-33-35)13-27-25(31-24)29-17-12-28-34(15-17)14-16-5-4-10-26-11-16/h2-3,6-7,12-13,15-16,22,26H,1,4-5,8-11,14H2,(H,30,36)(H,27,29,31)/t16?,22-/m0/s1. The number of piperidine rings is 1. The molecule has 3 aromatic heterocycles. The predicted molar refractivity (Wildman–Crippen MR) is 136 cm³/mol. The van der Waals surface area contributed by atoms with E-state index >= 15 is 0 Å². The van der Waals surface area contributed by atoms with E-state index in [1.165, 1.54) is 18.9 Å². The molecule has 1 unspecified atom stereocenters. The Labute approximate surface area is 208 Å². The van der Waals surface area contributed by atoms with Gasteiger partial charge in [-0.2, -0.15) is 10.1 Å². The molecule has 4 aromatic rings. The van der Waals surface area contributed by atoms with Crippen molar-refractivity contribution in [1.82, 2.24) is 40.1 Å². The van der Waals surface area contributed by atoms with Gasteiger partial charge in [0.1, 0.15) is 0 Å². The second kappa shape index (κ2) is 9.50. The van der Waals surface area contributed by atoms with E-state index in [0.29, 0.717) is 23.0 Å². The number of hydrogen-bond donors (Lipinski definition) is 3. The Kier molecular flexibility index (Phi) is 5.90. The number of benzene rings is 1. The molecule has 0 bridgehead atoms. The fraction of sp³-hybridized carbons (Fsp3) is 0.360. The summed E-state index contributed by atoms with van der Waals surface area (Å²) in [5.74, 6) is 0.842. The van der Waals surface area contributed by atoms with Gasteiger partial charge in [-0.1, -0.05) is 23.9 Å². The highest BCUT2D eigenvalue weighted by Gasteiger charge is 2.29. The van der Waals surface area contributed by atoms with Crippen LogP contribution in [-0.2, 0) is 17.8 Å². The lowest BCUT2D eigenvalue weighted by atomic mass is 10.00. The number of fused-ring (bicyclic) bond motifs is 2. The Bertz CT molecular complexity index is 1420. The summed E-state index contributed by atoms with van der Waals surface area (Å²) in [5.41, 5.74) is 5.15. The molecule has 1 fully saturated rings. The topological polar surface area (TPSA) is 127 Å². The molecule has 1 aromatic carbocycles. The molecule has 184 valence electrons. The lowest BCUT2D eigenvalue weighted by molar-refractivity contribution is -0.111. The zero-order valence-corrected chi connectivity index (χ0v) is 19.9. The van der Waals surface area contributed by atoms with E-state index in [-0.39, 0.29) is 11.9 Å². The van der Waals surface area contributed by atoms with Gasteiger partial charge in [-0.05, 0) is 68.0 Å². The Balaban J connectivity index is 1.23. The van der Waals surface area contributed by atoms with Crippen molar-refractivity contribution in [2.45, 2.75) is 38.3 Å². The summed E-state index contributed by atoms with van der Waals surface area (Å²) < 4.78 is 3.83. The van der Waals surface area contributed by atoms with Crippen molar-refractivity contribution in [3.8, 4) is 0 Å². The van der Waals surface area contributed by atoms with Crippen molar-refractivity contribution in [3.05, 3.63) is 60.6 Å². The van der Waals surface area contributed by atoms with Gasteiger partial charge in [-0.3, -0.25) is 9.48 Å². The highest BCUT2D eigenvalue weighted by molar-refractivity contribution is 5.99. The molecule has 2 atom stereocenters. The van der Waals surface area contributed by atoms with Crippen LogP contribution in [0.25, 0.3) is 11.2 Å². The maximum Gasteiger partial charge on any atom is 0.247 e. The lowest BCUT2D eigenvalue weighted by Crippen LogP contribution is -2.32. The summed E-state index contributed by atoms with van der Waals surface area (Å²) in [4.78, 5) is 21.0. The zero-order chi connectivity index (χ0) is 24.5. The normalized spacial score (nSPS) is 19.2. The summed E-state index contributed by atoms with van der Waals surface area (Å²) in [6, 6.07) is 5.90. The Hall–Kier alpha value is -4.12. The van der Waals surface area contributed by atoms with Crippen molar-refractivity contribution < 1.29 is 4.79 Å². The van der Waals surface area contributed by atoms with Gasteiger partial charge >= 0.3 is 0 Å². The van der Waals surface area contributed by atoms with Crippen LogP contribution in [0.5, 0.6) is 0 Å². The van der Waals surface area contributed by atoms with Crippen LogP contribution in [0.3, 0.4) is 0 Å². The molecule has 6 rings (SSSR count). The first-order valence-electron chi connectivity index (χ1n) is 12.3. The van der Waals surface area contributed by atoms with Crippen LogP contribution in [0.1, 0.15) is 36.4 Å². The first-order chi connectivity index (χ1) is 17.7. The Morgan fingerprint density at radius 2 is 2.22 bits per heavy atom.